The van der Waals surface area contributed by atoms with Crippen molar-refractivity contribution in [3.63, 3.8) is 0 Å². The van der Waals surface area contributed by atoms with Gasteiger partial charge in [-0.3, -0.25) is 9.97 Å². The molecule has 0 spiro atoms. The fourth-order valence-corrected chi connectivity index (χ4v) is 1.76. The molecule has 0 radical (unpaired) electrons. The van der Waals surface area contributed by atoms with Gasteiger partial charge in [-0.1, -0.05) is 6.07 Å². The second-order valence-electron chi connectivity index (χ2n) is 3.70. The van der Waals surface area contributed by atoms with Gasteiger partial charge in [-0.15, -0.1) is 0 Å². The summed E-state index contributed by atoms with van der Waals surface area (Å²) in [6.45, 7) is 0. The summed E-state index contributed by atoms with van der Waals surface area (Å²) in [5.41, 5.74) is 8.45. The van der Waals surface area contributed by atoms with Gasteiger partial charge < -0.3 is 5.73 Å². The van der Waals surface area contributed by atoms with Gasteiger partial charge in [-0.2, -0.15) is 0 Å². The van der Waals surface area contributed by atoms with E-state index < -0.39 is 0 Å². The van der Waals surface area contributed by atoms with Gasteiger partial charge in [0, 0.05) is 29.5 Å². The molecule has 82 valence electrons. The molecule has 4 heteroatoms. The molecule has 4 nitrogen and oxygen atoms in total. The summed E-state index contributed by atoms with van der Waals surface area (Å²) in [7, 11) is 0. The molecule has 0 amide bonds. The van der Waals surface area contributed by atoms with Crippen LogP contribution in [0.2, 0.25) is 0 Å². The molecule has 0 saturated carbocycles. The van der Waals surface area contributed by atoms with Crippen LogP contribution in [-0.4, -0.2) is 15.0 Å². The molecule has 17 heavy (non-hydrogen) atoms. The van der Waals surface area contributed by atoms with E-state index in [9.17, 15) is 0 Å². The highest BCUT2D eigenvalue weighted by molar-refractivity contribution is 5.87. The van der Waals surface area contributed by atoms with Crippen LogP contribution >= 0.6 is 0 Å². The third kappa shape index (κ3) is 1.69. The summed E-state index contributed by atoms with van der Waals surface area (Å²) in [6, 6.07) is 9.52. The predicted octanol–water partition coefficient (Wildman–Crippen LogP) is 2.27. The first kappa shape index (κ1) is 9.72. The lowest BCUT2D eigenvalue weighted by atomic mass is 10.1. The Kier molecular flexibility index (Phi) is 2.19. The number of nitrogens with zero attached hydrogens (tertiary/aromatic N) is 3. The maximum absolute atomic E-state index is 5.95. The van der Waals surface area contributed by atoms with Gasteiger partial charge in [-0.25, -0.2) is 4.98 Å². The normalized spacial score (nSPS) is 10.6. The zero-order valence-electron chi connectivity index (χ0n) is 9.04. The van der Waals surface area contributed by atoms with Crippen molar-refractivity contribution in [2.45, 2.75) is 0 Å². The molecule has 3 aromatic heterocycles. The molecule has 0 aliphatic carbocycles. The van der Waals surface area contributed by atoms with Gasteiger partial charge >= 0.3 is 0 Å². The van der Waals surface area contributed by atoms with Crippen molar-refractivity contribution >= 4 is 16.7 Å². The van der Waals surface area contributed by atoms with Crippen LogP contribution in [-0.2, 0) is 0 Å². The van der Waals surface area contributed by atoms with E-state index in [0.717, 1.165) is 22.2 Å². The molecule has 0 unspecified atom stereocenters. The van der Waals surface area contributed by atoms with Crippen molar-refractivity contribution in [2.24, 2.45) is 0 Å². The molecule has 0 aromatic carbocycles. The average molecular weight is 222 g/mol. The Morgan fingerprint density at radius 2 is 2.00 bits per heavy atom. The Hall–Kier alpha value is -2.49. The molecule has 0 saturated heterocycles. The first-order valence-corrected chi connectivity index (χ1v) is 5.26. The van der Waals surface area contributed by atoms with Gasteiger partial charge in [0.25, 0.3) is 0 Å². The predicted molar refractivity (Wildman–Crippen MR) is 67.2 cm³/mol. The van der Waals surface area contributed by atoms with E-state index in [4.69, 9.17) is 5.73 Å². The molecular weight excluding hydrogens is 212 g/mol. The van der Waals surface area contributed by atoms with Gasteiger partial charge in [0.05, 0.1) is 11.2 Å². The fraction of sp³-hybridized carbons (Fsp3) is 0. The first-order valence-electron chi connectivity index (χ1n) is 5.26. The van der Waals surface area contributed by atoms with Crippen molar-refractivity contribution in [3.05, 3.63) is 48.9 Å². The fourth-order valence-electron chi connectivity index (χ4n) is 1.76. The van der Waals surface area contributed by atoms with Gasteiger partial charge in [0.2, 0.25) is 0 Å². The summed E-state index contributed by atoms with van der Waals surface area (Å²) >= 11 is 0. The highest BCUT2D eigenvalue weighted by atomic mass is 14.9. The minimum absolute atomic E-state index is 0.488. The van der Waals surface area contributed by atoms with E-state index in [1.807, 2.05) is 30.3 Å². The number of hydrogen-bond acceptors (Lipinski definition) is 4. The van der Waals surface area contributed by atoms with Crippen LogP contribution in [0.4, 0.5) is 5.82 Å². The van der Waals surface area contributed by atoms with Crippen molar-refractivity contribution in [2.75, 3.05) is 5.73 Å². The van der Waals surface area contributed by atoms with Crippen molar-refractivity contribution in [3.8, 4) is 11.3 Å². The van der Waals surface area contributed by atoms with Crippen LogP contribution in [0.1, 0.15) is 0 Å². The lowest BCUT2D eigenvalue weighted by Crippen LogP contribution is -1.96. The van der Waals surface area contributed by atoms with Crippen LogP contribution in [0.25, 0.3) is 22.2 Å². The molecule has 0 fully saturated rings. The maximum Gasteiger partial charge on any atom is 0.133 e. The number of pyridine rings is 3. The minimum Gasteiger partial charge on any atom is -0.383 e. The summed E-state index contributed by atoms with van der Waals surface area (Å²) < 4.78 is 0. The lowest BCUT2D eigenvalue weighted by Gasteiger charge is -2.05. The van der Waals surface area contributed by atoms with Crippen LogP contribution in [0.15, 0.2) is 48.9 Å². The molecule has 3 rings (SSSR count). The Morgan fingerprint density at radius 1 is 1.06 bits per heavy atom. The minimum atomic E-state index is 0.488. The largest absolute Gasteiger partial charge is 0.383 e. The number of rotatable bonds is 1. The standard InChI is InChI=1S/C13H10N4/c14-13-10(12-3-1-2-5-16-12)7-9-8-15-6-4-11(9)17-13/h1-8H,(H2,14,17). The van der Waals surface area contributed by atoms with Crippen LogP contribution in [0, 0.1) is 0 Å². The van der Waals surface area contributed by atoms with E-state index in [0.29, 0.717) is 5.82 Å². The molecule has 3 heterocycles. The van der Waals surface area contributed by atoms with E-state index in [1.54, 1.807) is 18.6 Å². The monoisotopic (exact) mass is 222 g/mol. The Bertz CT molecular complexity index is 665. The second-order valence-corrected chi connectivity index (χ2v) is 3.70. The zero-order chi connectivity index (χ0) is 11.7. The average Bonchev–Trinajstić information content (AvgIpc) is 2.39. The van der Waals surface area contributed by atoms with E-state index in [2.05, 4.69) is 15.0 Å². The van der Waals surface area contributed by atoms with Crippen LogP contribution in [0.3, 0.4) is 0 Å². The molecule has 0 aliphatic rings. The van der Waals surface area contributed by atoms with Crippen molar-refractivity contribution in [1.29, 1.82) is 0 Å². The van der Waals surface area contributed by atoms with Crippen LogP contribution < -0.4 is 5.73 Å². The van der Waals surface area contributed by atoms with Crippen molar-refractivity contribution < 1.29 is 0 Å². The Labute approximate surface area is 98.2 Å². The molecular formula is C13H10N4. The summed E-state index contributed by atoms with van der Waals surface area (Å²) in [6.07, 6.45) is 5.21. The highest BCUT2D eigenvalue weighted by Gasteiger charge is 2.06. The Morgan fingerprint density at radius 3 is 2.82 bits per heavy atom. The summed E-state index contributed by atoms with van der Waals surface area (Å²) in [5.74, 6) is 0.488. The second kappa shape index (κ2) is 3.83. The third-order valence-electron chi connectivity index (χ3n) is 2.59. The number of fused-ring (bicyclic) bond motifs is 1. The first-order chi connectivity index (χ1) is 8.34. The number of nitrogens with two attached hydrogens (primary N) is 1. The molecule has 0 aliphatic heterocycles. The summed E-state index contributed by atoms with van der Waals surface area (Å²) in [5, 5.41) is 0.961. The lowest BCUT2D eigenvalue weighted by molar-refractivity contribution is 1.29. The van der Waals surface area contributed by atoms with Crippen LogP contribution in [0.5, 0.6) is 0 Å². The Balaban J connectivity index is 2.27. The van der Waals surface area contributed by atoms with E-state index in [1.165, 1.54) is 0 Å². The highest BCUT2D eigenvalue weighted by Crippen LogP contribution is 2.25. The maximum atomic E-state index is 5.95. The van der Waals surface area contributed by atoms with Gasteiger partial charge in [0.1, 0.15) is 5.82 Å². The number of hydrogen-bond donors (Lipinski definition) is 1. The van der Waals surface area contributed by atoms with Gasteiger partial charge in [-0.05, 0) is 24.3 Å². The SMILES string of the molecule is Nc1nc2ccncc2cc1-c1ccccn1. The van der Waals surface area contributed by atoms with E-state index >= 15 is 0 Å². The third-order valence-corrected chi connectivity index (χ3v) is 2.59. The number of anilines is 1. The smallest absolute Gasteiger partial charge is 0.133 e. The quantitative estimate of drug-likeness (QED) is 0.686. The van der Waals surface area contributed by atoms with Gasteiger partial charge in [0.15, 0.2) is 0 Å². The summed E-state index contributed by atoms with van der Waals surface area (Å²) in [4.78, 5) is 12.7. The topological polar surface area (TPSA) is 64.7 Å². The van der Waals surface area contributed by atoms with Crippen molar-refractivity contribution in [1.82, 2.24) is 15.0 Å². The number of aromatic nitrogens is 3. The molecule has 0 bridgehead atoms. The molecule has 0 atom stereocenters. The molecule has 2 N–H and O–H groups in total. The molecule has 3 aromatic rings. The number of nitrogen functional groups attached to an aromatic ring is 1. The van der Waals surface area contributed by atoms with E-state index in [-0.39, 0.29) is 0 Å². The zero-order valence-corrected chi connectivity index (χ0v) is 9.04.